The van der Waals surface area contributed by atoms with Gasteiger partial charge in [-0.05, 0) is 64.5 Å². The highest BCUT2D eigenvalue weighted by Crippen LogP contribution is 2.26. The minimum atomic E-state index is 0.661. The van der Waals surface area contributed by atoms with Crippen LogP contribution >= 0.6 is 0 Å². The van der Waals surface area contributed by atoms with E-state index in [2.05, 4.69) is 17.3 Å². The zero-order valence-corrected chi connectivity index (χ0v) is 13.3. The molecule has 2 rings (SSSR count). The molecule has 0 saturated carbocycles. The second-order valence-electron chi connectivity index (χ2n) is 5.68. The van der Waals surface area contributed by atoms with Crippen molar-refractivity contribution in [2.45, 2.75) is 19.8 Å². The van der Waals surface area contributed by atoms with Gasteiger partial charge in [0.05, 0.1) is 6.61 Å². The van der Waals surface area contributed by atoms with Gasteiger partial charge in [0.2, 0.25) is 0 Å². The van der Waals surface area contributed by atoms with E-state index in [9.17, 15) is 0 Å². The molecule has 0 aromatic heterocycles. The second kappa shape index (κ2) is 8.90. The van der Waals surface area contributed by atoms with Crippen molar-refractivity contribution < 1.29 is 9.47 Å². The van der Waals surface area contributed by atoms with Crippen LogP contribution in [0.1, 0.15) is 19.8 Å². The van der Waals surface area contributed by atoms with E-state index in [0.29, 0.717) is 13.2 Å². The van der Waals surface area contributed by atoms with Crippen molar-refractivity contribution in [1.29, 1.82) is 0 Å². The fraction of sp³-hybridized carbons (Fsp3) is 0.647. The maximum atomic E-state index is 5.80. The van der Waals surface area contributed by atoms with Gasteiger partial charge in [-0.3, -0.25) is 0 Å². The molecule has 0 radical (unpaired) electrons. The van der Waals surface area contributed by atoms with Gasteiger partial charge < -0.3 is 19.7 Å². The topological polar surface area (TPSA) is 33.7 Å². The molecule has 1 aliphatic heterocycles. The predicted molar refractivity (Wildman–Crippen MR) is 86.2 cm³/mol. The van der Waals surface area contributed by atoms with Crippen LogP contribution < -0.4 is 14.8 Å². The first-order chi connectivity index (χ1) is 10.3. The number of nitrogens with one attached hydrogen (secondary N) is 1. The summed E-state index contributed by atoms with van der Waals surface area (Å²) in [6.45, 7) is 7.76. The van der Waals surface area contributed by atoms with Gasteiger partial charge >= 0.3 is 0 Å². The summed E-state index contributed by atoms with van der Waals surface area (Å²) >= 11 is 0. The summed E-state index contributed by atoms with van der Waals surface area (Å²) in [5, 5.41) is 3.51. The molecule has 0 amide bonds. The predicted octanol–water partition coefficient (Wildman–Crippen LogP) is 2.40. The summed E-state index contributed by atoms with van der Waals surface area (Å²) in [4.78, 5) is 2.41. The Morgan fingerprint density at radius 3 is 2.48 bits per heavy atom. The molecule has 0 aliphatic carbocycles. The van der Waals surface area contributed by atoms with Crippen LogP contribution in [0.3, 0.4) is 0 Å². The zero-order chi connectivity index (χ0) is 14.9. The van der Waals surface area contributed by atoms with Crippen molar-refractivity contribution in [3.63, 3.8) is 0 Å². The Bertz CT molecular complexity index is 404. The third kappa shape index (κ3) is 5.56. The molecule has 1 N–H and O–H groups in total. The van der Waals surface area contributed by atoms with E-state index in [1.165, 1.54) is 25.9 Å². The first-order valence-corrected chi connectivity index (χ1v) is 8.03. The van der Waals surface area contributed by atoms with Crippen molar-refractivity contribution in [2.24, 2.45) is 5.92 Å². The number of hydrogen-bond acceptors (Lipinski definition) is 4. The number of nitrogens with zero attached hydrogens (tertiary/aromatic N) is 1. The number of likely N-dealkylation sites (tertiary alicyclic amines) is 1. The van der Waals surface area contributed by atoms with E-state index in [0.717, 1.165) is 30.5 Å². The summed E-state index contributed by atoms with van der Waals surface area (Å²) in [5.74, 6) is 2.48. The normalized spacial score (nSPS) is 16.9. The molecule has 1 aromatic carbocycles. The molecule has 0 spiro atoms. The van der Waals surface area contributed by atoms with Gasteiger partial charge in [0.1, 0.15) is 6.61 Å². The molecule has 1 heterocycles. The Hall–Kier alpha value is -1.26. The van der Waals surface area contributed by atoms with Gasteiger partial charge in [-0.15, -0.1) is 0 Å². The number of piperidine rings is 1. The van der Waals surface area contributed by atoms with Crippen LogP contribution in [0.5, 0.6) is 11.5 Å². The quantitative estimate of drug-likeness (QED) is 0.746. The van der Waals surface area contributed by atoms with Gasteiger partial charge in [0, 0.05) is 6.54 Å². The summed E-state index contributed by atoms with van der Waals surface area (Å²) in [6.07, 6.45) is 2.61. The molecular formula is C17H28N2O2. The van der Waals surface area contributed by atoms with E-state index < -0.39 is 0 Å². The summed E-state index contributed by atoms with van der Waals surface area (Å²) < 4.78 is 11.3. The first-order valence-electron chi connectivity index (χ1n) is 8.03. The van der Waals surface area contributed by atoms with Crippen LogP contribution in [0.25, 0.3) is 0 Å². The Morgan fingerprint density at radius 1 is 1.14 bits per heavy atom. The average Bonchev–Trinajstić information content (AvgIpc) is 2.51. The van der Waals surface area contributed by atoms with Gasteiger partial charge in [-0.25, -0.2) is 0 Å². The van der Waals surface area contributed by atoms with E-state index in [1.807, 2.05) is 31.2 Å². The fourth-order valence-electron chi connectivity index (χ4n) is 2.65. The number of para-hydroxylation sites is 2. The lowest BCUT2D eigenvalue weighted by molar-refractivity contribution is 0.212. The standard InChI is InChI=1S/C17H28N2O2/c1-3-20-16-6-4-5-7-17(16)21-13-10-18-14-15-8-11-19(2)12-9-15/h4-7,15,18H,3,8-14H2,1-2H3. The largest absolute Gasteiger partial charge is 0.490 e. The molecule has 1 saturated heterocycles. The van der Waals surface area contributed by atoms with E-state index in [1.54, 1.807) is 0 Å². The van der Waals surface area contributed by atoms with Gasteiger partial charge in [-0.2, -0.15) is 0 Å². The van der Waals surface area contributed by atoms with Gasteiger partial charge in [0.25, 0.3) is 0 Å². The summed E-state index contributed by atoms with van der Waals surface area (Å²) in [6, 6.07) is 7.85. The van der Waals surface area contributed by atoms with Crippen LogP contribution in [-0.4, -0.2) is 51.3 Å². The van der Waals surface area contributed by atoms with Crippen molar-refractivity contribution in [1.82, 2.24) is 10.2 Å². The highest BCUT2D eigenvalue weighted by molar-refractivity contribution is 5.39. The van der Waals surface area contributed by atoms with Crippen LogP contribution in [0.15, 0.2) is 24.3 Å². The third-order valence-electron chi connectivity index (χ3n) is 3.96. The Balaban J connectivity index is 1.61. The van der Waals surface area contributed by atoms with Crippen molar-refractivity contribution >= 4 is 0 Å². The molecule has 118 valence electrons. The van der Waals surface area contributed by atoms with Crippen LogP contribution in [0, 0.1) is 5.92 Å². The molecule has 0 bridgehead atoms. The maximum absolute atomic E-state index is 5.80. The summed E-state index contributed by atoms with van der Waals surface area (Å²) in [7, 11) is 2.20. The number of benzene rings is 1. The lowest BCUT2D eigenvalue weighted by Gasteiger charge is -2.29. The lowest BCUT2D eigenvalue weighted by atomic mass is 9.97. The smallest absolute Gasteiger partial charge is 0.161 e. The van der Waals surface area contributed by atoms with Crippen LogP contribution in [0.2, 0.25) is 0 Å². The van der Waals surface area contributed by atoms with Crippen molar-refractivity contribution in [3.05, 3.63) is 24.3 Å². The van der Waals surface area contributed by atoms with E-state index in [-0.39, 0.29) is 0 Å². The molecule has 1 aliphatic rings. The third-order valence-corrected chi connectivity index (χ3v) is 3.96. The fourth-order valence-corrected chi connectivity index (χ4v) is 2.65. The molecule has 1 fully saturated rings. The SMILES string of the molecule is CCOc1ccccc1OCCNCC1CCN(C)CC1. The highest BCUT2D eigenvalue weighted by Gasteiger charge is 2.15. The van der Waals surface area contributed by atoms with Gasteiger partial charge in [0.15, 0.2) is 11.5 Å². The van der Waals surface area contributed by atoms with Crippen LogP contribution in [-0.2, 0) is 0 Å². The van der Waals surface area contributed by atoms with Crippen molar-refractivity contribution in [3.8, 4) is 11.5 Å². The first kappa shape index (κ1) is 16.1. The Labute approximate surface area is 128 Å². The minimum Gasteiger partial charge on any atom is -0.490 e. The number of rotatable bonds is 8. The van der Waals surface area contributed by atoms with E-state index >= 15 is 0 Å². The van der Waals surface area contributed by atoms with Crippen molar-refractivity contribution in [2.75, 3.05) is 46.4 Å². The molecule has 0 unspecified atom stereocenters. The monoisotopic (exact) mass is 292 g/mol. The average molecular weight is 292 g/mol. The Kier molecular flexibility index (Phi) is 6.83. The molecule has 21 heavy (non-hydrogen) atoms. The van der Waals surface area contributed by atoms with Gasteiger partial charge in [-0.1, -0.05) is 12.1 Å². The zero-order valence-electron chi connectivity index (χ0n) is 13.3. The molecule has 0 atom stereocenters. The maximum Gasteiger partial charge on any atom is 0.161 e. The second-order valence-corrected chi connectivity index (χ2v) is 5.68. The number of ether oxygens (including phenoxy) is 2. The highest BCUT2D eigenvalue weighted by atomic mass is 16.5. The molecular weight excluding hydrogens is 264 g/mol. The lowest BCUT2D eigenvalue weighted by Crippen LogP contribution is -2.36. The molecule has 4 nitrogen and oxygen atoms in total. The summed E-state index contributed by atoms with van der Waals surface area (Å²) in [5.41, 5.74) is 0. The molecule has 1 aromatic rings. The minimum absolute atomic E-state index is 0.661. The molecule has 4 heteroatoms. The van der Waals surface area contributed by atoms with Crippen LogP contribution in [0.4, 0.5) is 0 Å². The van der Waals surface area contributed by atoms with E-state index in [4.69, 9.17) is 9.47 Å². The number of hydrogen-bond donors (Lipinski definition) is 1. The Morgan fingerprint density at radius 2 is 1.81 bits per heavy atom.